The minimum absolute atomic E-state index is 0.0335. The second-order valence-electron chi connectivity index (χ2n) is 3.80. The number of imidazole rings is 1. The summed E-state index contributed by atoms with van der Waals surface area (Å²) in [5.41, 5.74) is 1.42. The zero-order valence-electron chi connectivity index (χ0n) is 9.48. The fourth-order valence-electron chi connectivity index (χ4n) is 1.92. The molecule has 4 nitrogen and oxygen atoms in total. The first-order valence-electron chi connectivity index (χ1n) is 5.48. The summed E-state index contributed by atoms with van der Waals surface area (Å²) in [5.74, 6) is -0.496. The van der Waals surface area contributed by atoms with E-state index in [0.29, 0.717) is 24.3 Å². The number of rotatable bonds is 4. The maximum absolute atomic E-state index is 13.1. The van der Waals surface area contributed by atoms with Crippen molar-refractivity contribution in [1.82, 2.24) is 9.55 Å². The van der Waals surface area contributed by atoms with Gasteiger partial charge >= 0.3 is 5.97 Å². The van der Waals surface area contributed by atoms with Gasteiger partial charge in [-0.05, 0) is 19.1 Å². The lowest BCUT2D eigenvalue weighted by Gasteiger charge is -2.04. The highest BCUT2D eigenvalue weighted by atomic mass is 19.1. The maximum atomic E-state index is 13.1. The monoisotopic (exact) mass is 236 g/mol. The van der Waals surface area contributed by atoms with Gasteiger partial charge in [-0.2, -0.15) is 0 Å². The molecular formula is C12H13FN2O2. The van der Waals surface area contributed by atoms with Crippen molar-refractivity contribution in [3.63, 3.8) is 0 Å². The van der Waals surface area contributed by atoms with Gasteiger partial charge in [-0.15, -0.1) is 0 Å². The summed E-state index contributed by atoms with van der Waals surface area (Å²) in [4.78, 5) is 14.8. The third-order valence-corrected chi connectivity index (χ3v) is 2.67. The van der Waals surface area contributed by atoms with E-state index in [1.807, 2.05) is 11.5 Å². The van der Waals surface area contributed by atoms with Crippen LogP contribution in [0.4, 0.5) is 4.39 Å². The molecule has 0 saturated heterocycles. The van der Waals surface area contributed by atoms with Crippen molar-refractivity contribution in [2.45, 2.75) is 26.3 Å². The van der Waals surface area contributed by atoms with Crippen LogP contribution in [0.15, 0.2) is 18.2 Å². The van der Waals surface area contributed by atoms with Gasteiger partial charge in [-0.25, -0.2) is 9.37 Å². The molecule has 2 rings (SSSR count). The number of hydrogen-bond acceptors (Lipinski definition) is 2. The smallest absolute Gasteiger partial charge is 0.303 e. The number of halogens is 1. The molecule has 0 aliphatic rings. The van der Waals surface area contributed by atoms with Gasteiger partial charge in [0.25, 0.3) is 0 Å². The third kappa shape index (κ3) is 2.27. The minimum Gasteiger partial charge on any atom is -0.481 e. The number of fused-ring (bicyclic) bond motifs is 1. The van der Waals surface area contributed by atoms with Gasteiger partial charge in [0.15, 0.2) is 0 Å². The number of carboxylic acid groups (broad SMARTS) is 1. The highest BCUT2D eigenvalue weighted by Crippen LogP contribution is 2.18. The van der Waals surface area contributed by atoms with E-state index in [9.17, 15) is 9.18 Å². The van der Waals surface area contributed by atoms with Crippen LogP contribution >= 0.6 is 0 Å². The summed E-state index contributed by atoms with van der Waals surface area (Å²) in [5, 5.41) is 8.66. The number of nitrogens with zero attached hydrogens (tertiary/aromatic N) is 2. The first-order valence-corrected chi connectivity index (χ1v) is 5.48. The Labute approximate surface area is 97.7 Å². The lowest BCUT2D eigenvalue weighted by atomic mass is 10.3. The molecule has 0 saturated carbocycles. The number of benzene rings is 1. The maximum Gasteiger partial charge on any atom is 0.303 e. The molecule has 90 valence electrons. The van der Waals surface area contributed by atoms with E-state index in [-0.39, 0.29) is 12.2 Å². The highest BCUT2D eigenvalue weighted by Gasteiger charge is 2.11. The molecule has 0 aliphatic heterocycles. The lowest BCUT2D eigenvalue weighted by molar-refractivity contribution is -0.137. The second-order valence-corrected chi connectivity index (χ2v) is 3.80. The Morgan fingerprint density at radius 1 is 1.53 bits per heavy atom. The Hall–Kier alpha value is -1.91. The number of carbonyl (C=O) groups is 1. The molecule has 0 aliphatic carbocycles. The molecule has 1 aromatic carbocycles. The number of hydrogen-bond donors (Lipinski definition) is 1. The van der Waals surface area contributed by atoms with Crippen molar-refractivity contribution in [3.05, 3.63) is 29.8 Å². The van der Waals surface area contributed by atoms with E-state index >= 15 is 0 Å². The topological polar surface area (TPSA) is 55.1 Å². The molecule has 1 N–H and O–H groups in total. The van der Waals surface area contributed by atoms with Crippen molar-refractivity contribution in [2.75, 3.05) is 0 Å². The summed E-state index contributed by atoms with van der Waals surface area (Å²) >= 11 is 0. The molecule has 1 heterocycles. The van der Waals surface area contributed by atoms with Gasteiger partial charge < -0.3 is 9.67 Å². The van der Waals surface area contributed by atoms with Crippen molar-refractivity contribution >= 4 is 17.0 Å². The number of aromatic nitrogens is 2. The fraction of sp³-hybridized carbons (Fsp3) is 0.333. The molecule has 0 spiro atoms. The van der Waals surface area contributed by atoms with Crippen molar-refractivity contribution in [2.24, 2.45) is 0 Å². The van der Waals surface area contributed by atoms with Crippen molar-refractivity contribution in [3.8, 4) is 0 Å². The van der Waals surface area contributed by atoms with Gasteiger partial charge in [0.05, 0.1) is 17.5 Å². The Morgan fingerprint density at radius 3 is 2.94 bits per heavy atom. The minimum atomic E-state index is -0.856. The second kappa shape index (κ2) is 4.53. The summed E-state index contributed by atoms with van der Waals surface area (Å²) < 4.78 is 15.0. The zero-order valence-corrected chi connectivity index (χ0v) is 9.48. The predicted octanol–water partition coefficient (Wildman–Crippen LogP) is 2.21. The van der Waals surface area contributed by atoms with Gasteiger partial charge in [0, 0.05) is 19.0 Å². The molecule has 0 radical (unpaired) electrons. The SMILES string of the molecule is CCn1c(CCC(=O)O)nc2cc(F)ccc21. The lowest BCUT2D eigenvalue weighted by Crippen LogP contribution is -2.05. The van der Waals surface area contributed by atoms with Crippen molar-refractivity contribution < 1.29 is 14.3 Å². The first-order chi connectivity index (χ1) is 8.11. The van der Waals surface area contributed by atoms with E-state index in [1.54, 1.807) is 6.07 Å². The standard InChI is InChI=1S/C12H13FN2O2/c1-2-15-10-4-3-8(13)7-9(10)14-11(15)5-6-12(16)17/h3-4,7H,2,5-6H2,1H3,(H,16,17). The molecule has 0 atom stereocenters. The number of aryl methyl sites for hydroxylation is 2. The predicted molar refractivity (Wildman–Crippen MR) is 61.3 cm³/mol. The van der Waals surface area contributed by atoms with Crippen LogP contribution in [0.25, 0.3) is 11.0 Å². The van der Waals surface area contributed by atoms with Crippen LogP contribution in [0.3, 0.4) is 0 Å². The Morgan fingerprint density at radius 2 is 2.29 bits per heavy atom. The summed E-state index contributed by atoms with van der Waals surface area (Å²) in [6.45, 7) is 2.64. The summed E-state index contributed by atoms with van der Waals surface area (Å²) in [6, 6.07) is 4.42. The highest BCUT2D eigenvalue weighted by molar-refractivity contribution is 5.76. The van der Waals surface area contributed by atoms with Crippen LogP contribution in [0.1, 0.15) is 19.2 Å². The Kier molecular flexibility index (Phi) is 3.08. The zero-order chi connectivity index (χ0) is 12.4. The van der Waals surface area contributed by atoms with Crippen LogP contribution < -0.4 is 0 Å². The van der Waals surface area contributed by atoms with E-state index in [0.717, 1.165) is 5.52 Å². The van der Waals surface area contributed by atoms with E-state index < -0.39 is 5.97 Å². The van der Waals surface area contributed by atoms with E-state index in [2.05, 4.69) is 4.98 Å². The van der Waals surface area contributed by atoms with Crippen LogP contribution in [-0.4, -0.2) is 20.6 Å². The Bertz CT molecular complexity index is 563. The third-order valence-electron chi connectivity index (χ3n) is 2.67. The molecule has 0 unspecified atom stereocenters. The molecule has 0 bridgehead atoms. The molecule has 17 heavy (non-hydrogen) atoms. The molecule has 0 fully saturated rings. The van der Waals surface area contributed by atoms with Crippen LogP contribution in [0, 0.1) is 5.82 Å². The van der Waals surface area contributed by atoms with E-state index in [1.165, 1.54) is 12.1 Å². The average molecular weight is 236 g/mol. The van der Waals surface area contributed by atoms with Gasteiger partial charge in [0.1, 0.15) is 11.6 Å². The first kappa shape index (κ1) is 11.6. The molecule has 0 amide bonds. The molecule has 2 aromatic rings. The molecule has 5 heteroatoms. The normalized spacial score (nSPS) is 10.9. The van der Waals surface area contributed by atoms with Crippen molar-refractivity contribution in [1.29, 1.82) is 0 Å². The molecule has 1 aromatic heterocycles. The van der Waals surface area contributed by atoms with Crippen LogP contribution in [-0.2, 0) is 17.8 Å². The van der Waals surface area contributed by atoms with Gasteiger partial charge in [0.2, 0.25) is 0 Å². The summed E-state index contributed by atoms with van der Waals surface area (Å²) in [6.07, 6.45) is 0.394. The van der Waals surface area contributed by atoms with E-state index in [4.69, 9.17) is 5.11 Å². The molecular weight excluding hydrogens is 223 g/mol. The number of carboxylic acids is 1. The van der Waals surface area contributed by atoms with Crippen LogP contribution in [0.5, 0.6) is 0 Å². The number of aliphatic carboxylic acids is 1. The summed E-state index contributed by atoms with van der Waals surface area (Å²) in [7, 11) is 0. The van der Waals surface area contributed by atoms with Gasteiger partial charge in [-0.1, -0.05) is 0 Å². The quantitative estimate of drug-likeness (QED) is 0.885. The average Bonchev–Trinajstić information content (AvgIpc) is 2.62. The Balaban J connectivity index is 2.44. The van der Waals surface area contributed by atoms with Crippen LogP contribution in [0.2, 0.25) is 0 Å². The fourth-order valence-corrected chi connectivity index (χ4v) is 1.92. The van der Waals surface area contributed by atoms with Gasteiger partial charge in [-0.3, -0.25) is 4.79 Å². The largest absolute Gasteiger partial charge is 0.481 e.